The van der Waals surface area contributed by atoms with Crippen LogP contribution in [0.25, 0.3) is 0 Å². The minimum atomic E-state index is -0.461. The molecular weight excluding hydrogens is 460 g/mol. The van der Waals surface area contributed by atoms with Gasteiger partial charge in [-0.1, -0.05) is 66.2 Å². The van der Waals surface area contributed by atoms with Crippen LogP contribution < -0.4 is 5.32 Å². The van der Waals surface area contributed by atoms with Crippen LogP contribution in [0.5, 0.6) is 0 Å². The maximum atomic E-state index is 13.2. The second-order valence-corrected chi connectivity index (χ2v) is 9.18. The smallest absolute Gasteiger partial charge is 0.242 e. The Morgan fingerprint density at radius 2 is 1.80 bits per heavy atom. The van der Waals surface area contributed by atoms with Gasteiger partial charge in [-0.15, -0.1) is 11.8 Å². The summed E-state index contributed by atoms with van der Waals surface area (Å²) in [5.74, 6) is 1.04. The minimum absolute atomic E-state index is 0.00105. The van der Waals surface area contributed by atoms with Crippen LogP contribution in [0, 0.1) is 6.92 Å². The van der Waals surface area contributed by atoms with E-state index in [2.05, 4.69) is 33.4 Å². The van der Waals surface area contributed by atoms with Gasteiger partial charge in [0.25, 0.3) is 0 Å². The van der Waals surface area contributed by atoms with E-state index in [4.69, 9.17) is 0 Å². The monoisotopic (exact) mass is 490 g/mol. The van der Waals surface area contributed by atoms with Gasteiger partial charge in [-0.05, 0) is 48.6 Å². The van der Waals surface area contributed by atoms with Crippen molar-refractivity contribution in [2.45, 2.75) is 52.0 Å². The Balaban J connectivity index is 2.11. The second-order valence-electron chi connectivity index (χ2n) is 7.28. The van der Waals surface area contributed by atoms with E-state index in [1.165, 1.54) is 5.56 Å². The third kappa shape index (κ3) is 7.47. The molecule has 2 amide bonds. The fraction of sp³-hybridized carbons (Fsp3) is 0.417. The predicted molar refractivity (Wildman–Crippen MR) is 129 cm³/mol. The van der Waals surface area contributed by atoms with Crippen LogP contribution >= 0.6 is 27.7 Å². The Bertz CT molecular complexity index is 826. The van der Waals surface area contributed by atoms with Gasteiger partial charge in [0.1, 0.15) is 6.04 Å². The molecule has 0 aliphatic rings. The molecule has 2 aromatic carbocycles. The number of amides is 2. The summed E-state index contributed by atoms with van der Waals surface area (Å²) in [6, 6.07) is 15.7. The molecule has 1 atom stereocenters. The Morgan fingerprint density at radius 3 is 2.43 bits per heavy atom. The lowest BCUT2D eigenvalue weighted by Gasteiger charge is -2.31. The van der Waals surface area contributed by atoms with Crippen LogP contribution in [0.4, 0.5) is 0 Å². The van der Waals surface area contributed by atoms with Gasteiger partial charge in [-0.25, -0.2) is 0 Å². The van der Waals surface area contributed by atoms with E-state index in [1.807, 2.05) is 57.2 Å². The van der Waals surface area contributed by atoms with E-state index in [0.717, 1.165) is 27.8 Å². The Morgan fingerprint density at radius 1 is 1.10 bits per heavy atom. The summed E-state index contributed by atoms with van der Waals surface area (Å²) in [4.78, 5) is 27.7. The zero-order valence-electron chi connectivity index (χ0n) is 18.0. The van der Waals surface area contributed by atoms with E-state index in [1.54, 1.807) is 16.7 Å². The normalized spacial score (nSPS) is 11.7. The molecular formula is C24H31BrN2O2S. The molecule has 0 saturated heterocycles. The van der Waals surface area contributed by atoms with Crippen molar-refractivity contribution in [1.82, 2.24) is 10.2 Å². The van der Waals surface area contributed by atoms with Gasteiger partial charge in [-0.3, -0.25) is 9.59 Å². The first kappa shape index (κ1) is 24.5. The highest BCUT2D eigenvalue weighted by atomic mass is 79.9. The first-order valence-electron chi connectivity index (χ1n) is 10.4. The number of aryl methyl sites for hydroxylation is 1. The molecule has 2 rings (SSSR count). The average molecular weight is 491 g/mol. The number of halogens is 1. The van der Waals surface area contributed by atoms with E-state index >= 15 is 0 Å². The van der Waals surface area contributed by atoms with Gasteiger partial charge in [-0.2, -0.15) is 0 Å². The lowest BCUT2D eigenvalue weighted by Crippen LogP contribution is -2.49. The Kier molecular flexibility index (Phi) is 10.4. The van der Waals surface area contributed by atoms with Crippen molar-refractivity contribution in [2.24, 2.45) is 0 Å². The van der Waals surface area contributed by atoms with Crippen molar-refractivity contribution in [3.8, 4) is 0 Å². The quantitative estimate of drug-likeness (QED) is 0.463. The van der Waals surface area contributed by atoms with Crippen LogP contribution in [-0.2, 0) is 21.9 Å². The van der Waals surface area contributed by atoms with E-state index in [9.17, 15) is 9.59 Å². The number of rotatable bonds is 11. The average Bonchev–Trinajstić information content (AvgIpc) is 2.74. The molecule has 0 bridgehead atoms. The zero-order chi connectivity index (χ0) is 21.9. The number of nitrogens with one attached hydrogen (secondary N) is 1. The molecule has 4 nitrogen and oxygen atoms in total. The Labute approximate surface area is 192 Å². The molecule has 0 heterocycles. The maximum Gasteiger partial charge on any atom is 0.242 e. The van der Waals surface area contributed by atoms with Gasteiger partial charge in [0, 0.05) is 23.3 Å². The summed E-state index contributed by atoms with van der Waals surface area (Å²) >= 11 is 5.03. The molecule has 0 spiro atoms. The van der Waals surface area contributed by atoms with Crippen LogP contribution in [-0.4, -0.2) is 35.1 Å². The highest BCUT2D eigenvalue weighted by Crippen LogP contribution is 2.19. The number of hydrogen-bond acceptors (Lipinski definition) is 3. The predicted octanol–water partition coefficient (Wildman–Crippen LogP) is 5.32. The SMILES string of the molecule is CCCNC(=O)C(CC)N(Cc1ccccc1C)C(=O)CSCc1ccc(Br)cc1. The summed E-state index contributed by atoms with van der Waals surface area (Å²) < 4.78 is 1.04. The van der Waals surface area contributed by atoms with Gasteiger partial charge < -0.3 is 10.2 Å². The highest BCUT2D eigenvalue weighted by molar-refractivity contribution is 9.10. The third-order valence-electron chi connectivity index (χ3n) is 4.94. The van der Waals surface area contributed by atoms with E-state index in [0.29, 0.717) is 25.3 Å². The molecule has 30 heavy (non-hydrogen) atoms. The third-order valence-corrected chi connectivity index (χ3v) is 6.46. The largest absolute Gasteiger partial charge is 0.354 e. The molecule has 6 heteroatoms. The fourth-order valence-electron chi connectivity index (χ4n) is 3.18. The van der Waals surface area contributed by atoms with Crippen LogP contribution in [0.1, 0.15) is 43.4 Å². The van der Waals surface area contributed by atoms with Crippen LogP contribution in [0.2, 0.25) is 0 Å². The first-order valence-corrected chi connectivity index (χ1v) is 12.3. The molecule has 0 fully saturated rings. The Hall–Kier alpha value is -1.79. The topological polar surface area (TPSA) is 49.4 Å². The number of carbonyl (C=O) groups is 2. The van der Waals surface area contributed by atoms with Crippen molar-refractivity contribution in [3.05, 3.63) is 69.7 Å². The molecule has 0 aromatic heterocycles. The lowest BCUT2D eigenvalue weighted by atomic mass is 10.1. The minimum Gasteiger partial charge on any atom is -0.354 e. The van der Waals surface area contributed by atoms with Gasteiger partial charge >= 0.3 is 0 Å². The number of nitrogens with zero attached hydrogens (tertiary/aromatic N) is 1. The number of carbonyl (C=O) groups excluding carboxylic acids is 2. The van der Waals surface area contributed by atoms with Crippen molar-refractivity contribution in [1.29, 1.82) is 0 Å². The highest BCUT2D eigenvalue weighted by Gasteiger charge is 2.28. The van der Waals surface area contributed by atoms with Crippen molar-refractivity contribution in [2.75, 3.05) is 12.3 Å². The first-order chi connectivity index (χ1) is 14.5. The molecule has 162 valence electrons. The standard InChI is InChI=1S/C24H31BrN2O2S/c1-4-14-26-24(29)22(5-2)27(15-20-9-7-6-8-18(20)3)23(28)17-30-16-19-10-12-21(25)13-11-19/h6-13,22H,4-5,14-17H2,1-3H3,(H,26,29). The molecule has 0 aliphatic carbocycles. The lowest BCUT2D eigenvalue weighted by molar-refractivity contribution is -0.139. The maximum absolute atomic E-state index is 13.2. The van der Waals surface area contributed by atoms with Crippen LogP contribution in [0.3, 0.4) is 0 Å². The van der Waals surface area contributed by atoms with Crippen molar-refractivity contribution < 1.29 is 9.59 Å². The summed E-state index contributed by atoms with van der Waals surface area (Å²) in [7, 11) is 0. The summed E-state index contributed by atoms with van der Waals surface area (Å²) in [5.41, 5.74) is 3.38. The van der Waals surface area contributed by atoms with E-state index in [-0.39, 0.29) is 11.8 Å². The van der Waals surface area contributed by atoms with Crippen molar-refractivity contribution >= 4 is 39.5 Å². The number of benzene rings is 2. The van der Waals surface area contributed by atoms with Crippen molar-refractivity contribution in [3.63, 3.8) is 0 Å². The number of thioether (sulfide) groups is 1. The summed E-state index contributed by atoms with van der Waals surface area (Å²) in [6.45, 7) is 7.10. The second kappa shape index (κ2) is 12.8. The number of hydrogen-bond donors (Lipinski definition) is 1. The zero-order valence-corrected chi connectivity index (χ0v) is 20.4. The van der Waals surface area contributed by atoms with Gasteiger partial charge in [0.05, 0.1) is 5.75 Å². The molecule has 1 N–H and O–H groups in total. The van der Waals surface area contributed by atoms with Gasteiger partial charge in [0.15, 0.2) is 0 Å². The molecule has 0 saturated carbocycles. The van der Waals surface area contributed by atoms with E-state index < -0.39 is 6.04 Å². The van der Waals surface area contributed by atoms with Gasteiger partial charge in [0.2, 0.25) is 11.8 Å². The fourth-order valence-corrected chi connectivity index (χ4v) is 4.31. The summed E-state index contributed by atoms with van der Waals surface area (Å²) in [6.07, 6.45) is 1.46. The molecule has 1 unspecified atom stereocenters. The van der Waals surface area contributed by atoms with Crippen LogP contribution in [0.15, 0.2) is 53.0 Å². The molecule has 2 aromatic rings. The molecule has 0 radical (unpaired) electrons. The summed E-state index contributed by atoms with van der Waals surface area (Å²) in [5, 5.41) is 2.96. The molecule has 0 aliphatic heterocycles.